The summed E-state index contributed by atoms with van der Waals surface area (Å²) in [5, 5.41) is 29.5. The highest BCUT2D eigenvalue weighted by molar-refractivity contribution is 6.71. The van der Waals surface area contributed by atoms with Gasteiger partial charge < -0.3 is 10.2 Å². The highest BCUT2D eigenvalue weighted by Gasteiger charge is 2.31. The number of benzene rings is 3. The quantitative estimate of drug-likeness (QED) is 0.501. The molecule has 0 radical (unpaired) electrons. The normalized spacial score (nSPS) is 14.5. The van der Waals surface area contributed by atoms with Crippen molar-refractivity contribution in [1.82, 2.24) is 0 Å². The maximum Gasteiger partial charge on any atom is 0.337 e. The maximum atomic E-state index is 13.0. The monoisotopic (exact) mass is 442 g/mol. The number of para-hydroxylation sites is 1. The lowest BCUT2D eigenvalue weighted by atomic mass is 10.0. The van der Waals surface area contributed by atoms with E-state index in [1.54, 1.807) is 43.3 Å². The summed E-state index contributed by atoms with van der Waals surface area (Å²) in [5.41, 5.74) is 7.26. The molecule has 1 heterocycles. The number of phenols is 1. The average molecular weight is 442 g/mol. The Kier molecular flexibility index (Phi) is 5.66. The molecule has 0 atom stereocenters. The number of carboxylic acids is 1. The van der Waals surface area contributed by atoms with E-state index in [0.717, 1.165) is 11.1 Å². The van der Waals surface area contributed by atoms with Crippen LogP contribution in [0.4, 0.5) is 11.4 Å². The average Bonchev–Trinajstić information content (AvgIpc) is 3.07. The molecule has 0 bridgehead atoms. The van der Waals surface area contributed by atoms with Gasteiger partial charge in [-0.3, -0.25) is 10.2 Å². The van der Waals surface area contributed by atoms with Gasteiger partial charge in [0.2, 0.25) is 0 Å². The van der Waals surface area contributed by atoms with Crippen LogP contribution in [0.1, 0.15) is 28.4 Å². The number of carbonyl (C=O) groups excluding carboxylic acids is 1. The highest BCUT2D eigenvalue weighted by Crippen LogP contribution is 2.32. The van der Waals surface area contributed by atoms with E-state index in [9.17, 15) is 19.8 Å². The van der Waals surface area contributed by atoms with E-state index in [-0.39, 0.29) is 22.7 Å². The number of hydrazone groups is 2. The van der Waals surface area contributed by atoms with E-state index in [4.69, 9.17) is 0 Å². The van der Waals surface area contributed by atoms with Crippen LogP contribution in [0.5, 0.6) is 5.75 Å². The molecule has 1 aliphatic heterocycles. The fraction of sp³-hybridized carbons (Fsp3) is 0.120. The number of hydrogen-bond donors (Lipinski definition) is 3. The fourth-order valence-corrected chi connectivity index (χ4v) is 3.48. The second kappa shape index (κ2) is 8.58. The molecule has 3 aromatic rings. The zero-order valence-corrected chi connectivity index (χ0v) is 18.3. The molecule has 0 fully saturated rings. The Balaban J connectivity index is 1.67. The topological polar surface area (TPSA) is 115 Å². The van der Waals surface area contributed by atoms with Gasteiger partial charge in [0.05, 0.1) is 22.6 Å². The summed E-state index contributed by atoms with van der Waals surface area (Å²) in [6, 6.07) is 16.9. The van der Waals surface area contributed by atoms with Gasteiger partial charge in [-0.25, -0.2) is 4.79 Å². The molecule has 0 aliphatic carbocycles. The summed E-state index contributed by atoms with van der Waals surface area (Å²) < 4.78 is 0. The molecule has 8 nitrogen and oxygen atoms in total. The van der Waals surface area contributed by atoms with Gasteiger partial charge in [0, 0.05) is 5.56 Å². The van der Waals surface area contributed by atoms with Crippen LogP contribution in [0, 0.1) is 13.8 Å². The molecule has 4 rings (SSSR count). The van der Waals surface area contributed by atoms with Gasteiger partial charge in [-0.05, 0) is 67.8 Å². The molecule has 33 heavy (non-hydrogen) atoms. The number of rotatable bonds is 5. The Morgan fingerprint density at radius 2 is 1.76 bits per heavy atom. The summed E-state index contributed by atoms with van der Waals surface area (Å²) >= 11 is 0. The first-order valence-electron chi connectivity index (χ1n) is 10.2. The van der Waals surface area contributed by atoms with Crippen molar-refractivity contribution in [1.29, 1.82) is 0 Å². The molecule has 0 unspecified atom stereocenters. The van der Waals surface area contributed by atoms with Crippen molar-refractivity contribution < 1.29 is 19.8 Å². The Labute approximate surface area is 190 Å². The third kappa shape index (κ3) is 4.18. The van der Waals surface area contributed by atoms with Crippen LogP contribution in [0.3, 0.4) is 0 Å². The number of nitrogens with zero attached hydrogens (tertiary/aromatic N) is 3. The Morgan fingerprint density at radius 1 is 1.00 bits per heavy atom. The number of aromatic carboxylic acids is 1. The number of carboxylic acid groups (broad SMARTS) is 1. The zero-order valence-electron chi connectivity index (χ0n) is 18.3. The number of aromatic hydroxyl groups is 1. The molecular formula is C25H22N4O4. The number of anilines is 2. The standard InChI is InChI=1S/C25H22N4O4/c1-14-8-10-18(12-15(14)2)29-24(31)23(16(3)28-29)27-26-21-13-17(9-11-20(21)25(32)33)19-6-4-5-7-22(19)30/h4-13,26,30H,1-3H3,(H,32,33). The third-order valence-corrected chi connectivity index (χ3v) is 5.48. The number of phenolic OH excluding ortho intramolecular Hbond substituents is 1. The molecule has 1 amide bonds. The van der Waals surface area contributed by atoms with Gasteiger partial charge in [-0.15, -0.1) is 0 Å². The minimum absolute atomic E-state index is 0.0235. The van der Waals surface area contributed by atoms with Crippen LogP contribution in [0.25, 0.3) is 11.1 Å². The number of aryl methyl sites for hydroxylation is 2. The summed E-state index contributed by atoms with van der Waals surface area (Å²) in [5.74, 6) is -1.51. The molecule has 0 aromatic heterocycles. The molecule has 166 valence electrons. The summed E-state index contributed by atoms with van der Waals surface area (Å²) in [6.45, 7) is 5.60. The van der Waals surface area contributed by atoms with Crippen molar-refractivity contribution in [2.24, 2.45) is 10.2 Å². The molecule has 8 heteroatoms. The number of amides is 1. The van der Waals surface area contributed by atoms with Gasteiger partial charge >= 0.3 is 11.9 Å². The Bertz CT molecular complexity index is 1340. The first kappa shape index (κ1) is 21.8. The summed E-state index contributed by atoms with van der Waals surface area (Å²) in [7, 11) is 0. The molecule has 1 aliphatic rings. The van der Waals surface area contributed by atoms with Gasteiger partial charge in [-0.1, -0.05) is 30.3 Å². The predicted octanol–water partition coefficient (Wildman–Crippen LogP) is 4.56. The molecule has 3 N–H and O–H groups in total. The van der Waals surface area contributed by atoms with Crippen molar-refractivity contribution in [3.05, 3.63) is 77.4 Å². The Morgan fingerprint density at radius 3 is 2.45 bits per heavy atom. The molecule has 0 saturated heterocycles. The summed E-state index contributed by atoms with van der Waals surface area (Å²) in [6.07, 6.45) is 0. The van der Waals surface area contributed by atoms with E-state index < -0.39 is 11.9 Å². The minimum atomic E-state index is -1.15. The molecule has 0 saturated carbocycles. The van der Waals surface area contributed by atoms with Gasteiger partial charge in [-0.2, -0.15) is 15.2 Å². The van der Waals surface area contributed by atoms with Crippen molar-refractivity contribution in [3.8, 4) is 16.9 Å². The lowest BCUT2D eigenvalue weighted by molar-refractivity contribution is -0.112. The second-order valence-corrected chi connectivity index (χ2v) is 7.73. The maximum absolute atomic E-state index is 13.0. The first-order chi connectivity index (χ1) is 15.8. The number of nitrogens with one attached hydrogen (secondary N) is 1. The van der Waals surface area contributed by atoms with Crippen LogP contribution >= 0.6 is 0 Å². The lowest BCUT2D eigenvalue weighted by Crippen LogP contribution is -2.28. The van der Waals surface area contributed by atoms with Gasteiger partial charge in [0.25, 0.3) is 0 Å². The minimum Gasteiger partial charge on any atom is -0.507 e. The molecular weight excluding hydrogens is 420 g/mol. The number of carbonyl (C=O) groups is 2. The van der Waals surface area contributed by atoms with Crippen LogP contribution in [0.2, 0.25) is 0 Å². The van der Waals surface area contributed by atoms with Crippen LogP contribution in [-0.4, -0.2) is 33.5 Å². The summed E-state index contributed by atoms with van der Waals surface area (Å²) in [4.78, 5) is 24.7. The third-order valence-electron chi connectivity index (χ3n) is 5.48. The molecule has 0 spiro atoms. The van der Waals surface area contributed by atoms with Crippen molar-refractivity contribution >= 4 is 34.7 Å². The van der Waals surface area contributed by atoms with Crippen LogP contribution in [-0.2, 0) is 4.79 Å². The highest BCUT2D eigenvalue weighted by atomic mass is 16.4. The van der Waals surface area contributed by atoms with Crippen LogP contribution in [0.15, 0.2) is 70.9 Å². The second-order valence-electron chi connectivity index (χ2n) is 7.73. The van der Waals surface area contributed by atoms with Gasteiger partial charge in [0.1, 0.15) is 5.75 Å². The first-order valence-corrected chi connectivity index (χ1v) is 10.2. The van der Waals surface area contributed by atoms with E-state index >= 15 is 0 Å². The fourth-order valence-electron chi connectivity index (χ4n) is 3.48. The van der Waals surface area contributed by atoms with Crippen molar-refractivity contribution in [2.45, 2.75) is 20.8 Å². The van der Waals surface area contributed by atoms with E-state index in [0.29, 0.717) is 22.5 Å². The molecule has 3 aromatic carbocycles. The zero-order chi connectivity index (χ0) is 23.7. The van der Waals surface area contributed by atoms with Crippen molar-refractivity contribution in [3.63, 3.8) is 0 Å². The Hall–Kier alpha value is -4.46. The van der Waals surface area contributed by atoms with E-state index in [2.05, 4.69) is 15.6 Å². The van der Waals surface area contributed by atoms with Crippen molar-refractivity contribution in [2.75, 3.05) is 10.4 Å². The SMILES string of the molecule is CC1=NN(c2ccc(C)c(C)c2)C(=O)C1=NNc1cc(-c2ccccc2O)ccc1C(=O)O. The predicted molar refractivity (Wildman–Crippen MR) is 128 cm³/mol. The largest absolute Gasteiger partial charge is 0.507 e. The van der Waals surface area contributed by atoms with Gasteiger partial charge in [0.15, 0.2) is 5.71 Å². The lowest BCUT2D eigenvalue weighted by Gasteiger charge is -2.13. The van der Waals surface area contributed by atoms with E-state index in [1.807, 2.05) is 32.0 Å². The number of hydrogen-bond acceptors (Lipinski definition) is 6. The smallest absolute Gasteiger partial charge is 0.337 e. The van der Waals surface area contributed by atoms with E-state index in [1.165, 1.54) is 11.1 Å². The van der Waals surface area contributed by atoms with Crippen LogP contribution < -0.4 is 10.4 Å².